The Kier molecular flexibility index (Phi) is 5.51. The molecule has 1 amide bonds. The quantitative estimate of drug-likeness (QED) is 0.851. The van der Waals surface area contributed by atoms with Gasteiger partial charge in [0.15, 0.2) is 0 Å². The van der Waals surface area contributed by atoms with Crippen LogP contribution in [0.15, 0.2) is 18.2 Å². The van der Waals surface area contributed by atoms with Crippen LogP contribution in [0.3, 0.4) is 0 Å². The van der Waals surface area contributed by atoms with Crippen molar-refractivity contribution in [2.45, 2.75) is 45.2 Å². The van der Waals surface area contributed by atoms with E-state index in [1.165, 1.54) is 6.07 Å². The summed E-state index contributed by atoms with van der Waals surface area (Å²) < 4.78 is 27.2. The normalized spacial score (nSPS) is 20.3. The van der Waals surface area contributed by atoms with Crippen molar-refractivity contribution >= 4 is 5.91 Å². The van der Waals surface area contributed by atoms with Crippen molar-refractivity contribution in [1.29, 1.82) is 0 Å². The first-order chi connectivity index (χ1) is 10.4. The van der Waals surface area contributed by atoms with Gasteiger partial charge in [-0.15, -0.1) is 0 Å². The second-order valence-corrected chi connectivity index (χ2v) is 6.19. The van der Waals surface area contributed by atoms with E-state index in [-0.39, 0.29) is 30.1 Å². The van der Waals surface area contributed by atoms with E-state index in [0.717, 1.165) is 37.9 Å². The Bertz CT molecular complexity index is 535. The van der Waals surface area contributed by atoms with E-state index in [1.54, 1.807) is 18.9 Å². The van der Waals surface area contributed by atoms with Gasteiger partial charge in [-0.25, -0.2) is 8.78 Å². The van der Waals surface area contributed by atoms with Crippen LogP contribution in [0.1, 0.15) is 44.7 Å². The van der Waals surface area contributed by atoms with Crippen LogP contribution < -0.4 is 0 Å². The minimum atomic E-state index is -0.465. The van der Waals surface area contributed by atoms with Crippen LogP contribution in [0.4, 0.5) is 8.78 Å². The first kappa shape index (κ1) is 16.9. The lowest BCUT2D eigenvalue weighted by molar-refractivity contribution is -0.135. The highest BCUT2D eigenvalue weighted by Gasteiger charge is 2.26. The van der Waals surface area contributed by atoms with Gasteiger partial charge >= 0.3 is 0 Å². The van der Waals surface area contributed by atoms with Crippen molar-refractivity contribution in [1.82, 2.24) is 9.80 Å². The number of amides is 1. The summed E-state index contributed by atoms with van der Waals surface area (Å²) in [6.07, 6.45) is 3.23. The molecule has 0 saturated carbocycles. The van der Waals surface area contributed by atoms with E-state index in [0.29, 0.717) is 0 Å². The summed E-state index contributed by atoms with van der Waals surface area (Å²) >= 11 is 0. The number of hydrogen-bond acceptors (Lipinski definition) is 2. The lowest BCUT2D eigenvalue weighted by Crippen LogP contribution is -2.46. The summed E-state index contributed by atoms with van der Waals surface area (Å²) in [5.74, 6) is -0.856. The number of likely N-dealkylation sites (N-methyl/N-ethyl adjacent to an activating group) is 1. The van der Waals surface area contributed by atoms with Crippen molar-refractivity contribution in [2.24, 2.45) is 0 Å². The average molecular weight is 310 g/mol. The number of likely N-dealkylation sites (tertiary alicyclic amines) is 1. The van der Waals surface area contributed by atoms with Gasteiger partial charge in [0.25, 0.3) is 0 Å². The Hall–Kier alpha value is -1.49. The molecular weight excluding hydrogens is 286 g/mol. The standard InChI is InChI=1S/C17H24F2N2O/c1-12-6-4-5-9-21(12)17(22)11-20(3)13(2)15-10-14(18)7-8-16(15)19/h7-8,10,12-13H,4-6,9,11H2,1-3H3. The molecule has 3 nitrogen and oxygen atoms in total. The molecule has 1 aliphatic heterocycles. The summed E-state index contributed by atoms with van der Waals surface area (Å²) in [4.78, 5) is 16.1. The highest BCUT2D eigenvalue weighted by molar-refractivity contribution is 5.78. The number of rotatable bonds is 4. The summed E-state index contributed by atoms with van der Waals surface area (Å²) in [7, 11) is 1.77. The molecule has 0 aliphatic carbocycles. The predicted molar refractivity (Wildman–Crippen MR) is 82.4 cm³/mol. The van der Waals surface area contributed by atoms with Gasteiger partial charge in [0, 0.05) is 24.2 Å². The Morgan fingerprint density at radius 3 is 2.82 bits per heavy atom. The zero-order valence-electron chi connectivity index (χ0n) is 13.5. The Morgan fingerprint density at radius 1 is 1.41 bits per heavy atom. The molecule has 122 valence electrons. The topological polar surface area (TPSA) is 23.6 Å². The van der Waals surface area contributed by atoms with Crippen LogP contribution in [0.5, 0.6) is 0 Å². The van der Waals surface area contributed by atoms with Gasteiger partial charge in [0.1, 0.15) is 11.6 Å². The molecule has 0 aromatic heterocycles. The molecule has 22 heavy (non-hydrogen) atoms. The first-order valence-corrected chi connectivity index (χ1v) is 7.84. The fraction of sp³-hybridized carbons (Fsp3) is 0.588. The molecule has 0 bridgehead atoms. The zero-order valence-corrected chi connectivity index (χ0v) is 13.5. The van der Waals surface area contributed by atoms with Gasteiger partial charge in [-0.05, 0) is 58.4 Å². The average Bonchev–Trinajstić information content (AvgIpc) is 2.49. The third-order valence-electron chi connectivity index (χ3n) is 4.58. The molecule has 1 heterocycles. The Balaban J connectivity index is 2.03. The van der Waals surface area contributed by atoms with E-state index < -0.39 is 11.6 Å². The molecule has 1 saturated heterocycles. The third-order valence-corrected chi connectivity index (χ3v) is 4.58. The summed E-state index contributed by atoms with van der Waals surface area (Å²) in [6.45, 7) is 4.84. The van der Waals surface area contributed by atoms with Crippen LogP contribution in [-0.4, -0.2) is 41.9 Å². The van der Waals surface area contributed by atoms with Crippen molar-refractivity contribution in [3.8, 4) is 0 Å². The molecule has 1 aliphatic rings. The SMILES string of the molecule is CC(c1cc(F)ccc1F)N(C)CC(=O)N1CCCCC1C. The van der Waals surface area contributed by atoms with Crippen LogP contribution >= 0.6 is 0 Å². The van der Waals surface area contributed by atoms with Gasteiger partial charge in [-0.2, -0.15) is 0 Å². The van der Waals surface area contributed by atoms with Crippen molar-refractivity contribution in [3.63, 3.8) is 0 Å². The predicted octanol–water partition coefficient (Wildman–Crippen LogP) is 3.36. The highest BCUT2D eigenvalue weighted by atomic mass is 19.1. The molecule has 5 heteroatoms. The Morgan fingerprint density at radius 2 is 2.14 bits per heavy atom. The summed E-state index contributed by atoms with van der Waals surface area (Å²) in [5, 5.41) is 0. The van der Waals surface area contributed by atoms with Crippen molar-refractivity contribution in [2.75, 3.05) is 20.1 Å². The first-order valence-electron chi connectivity index (χ1n) is 7.84. The van der Waals surface area contributed by atoms with Gasteiger partial charge in [-0.3, -0.25) is 9.69 Å². The van der Waals surface area contributed by atoms with Gasteiger partial charge in [-0.1, -0.05) is 0 Å². The number of hydrogen-bond donors (Lipinski definition) is 0. The van der Waals surface area contributed by atoms with Gasteiger partial charge in [0.05, 0.1) is 6.54 Å². The minimum absolute atomic E-state index is 0.0540. The van der Waals surface area contributed by atoms with Crippen LogP contribution in [0, 0.1) is 11.6 Å². The molecule has 1 aromatic carbocycles. The second-order valence-electron chi connectivity index (χ2n) is 6.19. The molecule has 2 unspecified atom stereocenters. The molecule has 0 N–H and O–H groups in total. The van der Waals surface area contributed by atoms with E-state index in [1.807, 2.05) is 4.90 Å². The van der Waals surface area contributed by atoms with E-state index >= 15 is 0 Å². The lowest BCUT2D eigenvalue weighted by Gasteiger charge is -2.35. The summed E-state index contributed by atoms with van der Waals surface area (Å²) in [5.41, 5.74) is 0.280. The lowest BCUT2D eigenvalue weighted by atomic mass is 10.0. The second kappa shape index (κ2) is 7.18. The Labute approximate surface area is 130 Å². The molecule has 0 spiro atoms. The number of piperidine rings is 1. The zero-order chi connectivity index (χ0) is 16.3. The smallest absolute Gasteiger partial charge is 0.236 e. The molecule has 1 aromatic rings. The van der Waals surface area contributed by atoms with Gasteiger partial charge in [0.2, 0.25) is 5.91 Å². The van der Waals surface area contributed by atoms with Gasteiger partial charge < -0.3 is 4.90 Å². The maximum atomic E-state index is 13.8. The van der Waals surface area contributed by atoms with Crippen LogP contribution in [0.25, 0.3) is 0 Å². The minimum Gasteiger partial charge on any atom is -0.339 e. The van der Waals surface area contributed by atoms with Crippen molar-refractivity contribution in [3.05, 3.63) is 35.4 Å². The third kappa shape index (κ3) is 3.83. The van der Waals surface area contributed by atoms with E-state index in [2.05, 4.69) is 6.92 Å². The number of carbonyl (C=O) groups is 1. The number of halogens is 2. The molecule has 0 radical (unpaired) electrons. The molecule has 2 atom stereocenters. The van der Waals surface area contributed by atoms with Crippen molar-refractivity contribution < 1.29 is 13.6 Å². The fourth-order valence-corrected chi connectivity index (χ4v) is 2.98. The molecule has 1 fully saturated rings. The largest absolute Gasteiger partial charge is 0.339 e. The van der Waals surface area contributed by atoms with Crippen LogP contribution in [-0.2, 0) is 4.79 Å². The maximum absolute atomic E-state index is 13.8. The van der Waals surface area contributed by atoms with E-state index in [9.17, 15) is 13.6 Å². The molecular formula is C17H24F2N2O. The monoisotopic (exact) mass is 310 g/mol. The molecule has 2 rings (SSSR count). The fourth-order valence-electron chi connectivity index (χ4n) is 2.98. The summed E-state index contributed by atoms with van der Waals surface area (Å²) in [6, 6.07) is 3.33. The number of benzene rings is 1. The van der Waals surface area contributed by atoms with Crippen LogP contribution in [0.2, 0.25) is 0 Å². The number of carbonyl (C=O) groups excluding carboxylic acids is 1. The van der Waals surface area contributed by atoms with E-state index in [4.69, 9.17) is 0 Å². The highest BCUT2D eigenvalue weighted by Crippen LogP contribution is 2.23. The maximum Gasteiger partial charge on any atom is 0.236 e. The number of nitrogens with zero attached hydrogens (tertiary/aromatic N) is 2.